The Balaban J connectivity index is 1.57. The summed E-state index contributed by atoms with van der Waals surface area (Å²) in [6.07, 6.45) is 4.75. The molecule has 1 aromatic heterocycles. The van der Waals surface area contributed by atoms with Crippen molar-refractivity contribution in [3.63, 3.8) is 0 Å². The van der Waals surface area contributed by atoms with Gasteiger partial charge in [0.15, 0.2) is 16.4 Å². The fourth-order valence-corrected chi connectivity index (χ4v) is 6.59. The van der Waals surface area contributed by atoms with Gasteiger partial charge in [0.05, 0.1) is 22.6 Å². The van der Waals surface area contributed by atoms with Gasteiger partial charge in [0, 0.05) is 23.2 Å². The lowest BCUT2D eigenvalue weighted by molar-refractivity contribution is -0.138. The molecule has 2 atom stereocenters. The standard InChI is InChI=1S/C24H30N2O5S/c1-3-16(2)26(17-12-13-32(29,30)15-17)22(27)14-31-24(28)23-18-8-4-6-10-20(18)25-21-11-7-5-9-19(21)23/h4,6,8,10,16-17H,3,5,7,9,11-15H2,1-2H3. The summed E-state index contributed by atoms with van der Waals surface area (Å²) in [5, 5.41) is 0.742. The van der Waals surface area contributed by atoms with E-state index in [0.717, 1.165) is 47.8 Å². The van der Waals surface area contributed by atoms with Crippen molar-refractivity contribution in [2.75, 3.05) is 18.1 Å². The van der Waals surface area contributed by atoms with E-state index in [9.17, 15) is 18.0 Å². The summed E-state index contributed by atoms with van der Waals surface area (Å²) in [5.41, 5.74) is 3.12. The van der Waals surface area contributed by atoms with E-state index in [1.54, 1.807) is 4.90 Å². The lowest BCUT2D eigenvalue weighted by Crippen LogP contribution is -2.48. The molecule has 1 fully saturated rings. The molecule has 0 N–H and O–H groups in total. The molecule has 1 saturated heterocycles. The molecule has 1 aliphatic heterocycles. The van der Waals surface area contributed by atoms with Crippen molar-refractivity contribution in [1.82, 2.24) is 9.88 Å². The van der Waals surface area contributed by atoms with Crippen LogP contribution >= 0.6 is 0 Å². The minimum absolute atomic E-state index is 0.0282. The molecule has 8 heteroatoms. The van der Waals surface area contributed by atoms with Crippen LogP contribution in [-0.2, 0) is 32.2 Å². The Morgan fingerprint density at radius 2 is 1.97 bits per heavy atom. The van der Waals surface area contributed by atoms with Gasteiger partial charge in [0.1, 0.15) is 0 Å². The normalized spacial score (nSPS) is 20.5. The number of esters is 1. The maximum absolute atomic E-state index is 13.2. The highest BCUT2D eigenvalue weighted by atomic mass is 32.2. The van der Waals surface area contributed by atoms with Gasteiger partial charge in [-0.2, -0.15) is 0 Å². The Morgan fingerprint density at radius 3 is 2.69 bits per heavy atom. The van der Waals surface area contributed by atoms with E-state index in [0.29, 0.717) is 18.4 Å². The molecule has 2 aliphatic rings. The minimum Gasteiger partial charge on any atom is -0.452 e. The molecule has 2 unspecified atom stereocenters. The SMILES string of the molecule is CCC(C)N(C(=O)COC(=O)c1c2c(nc3ccccc13)CCCC2)C1CCS(=O)(=O)C1. The van der Waals surface area contributed by atoms with Crippen molar-refractivity contribution in [2.45, 2.75) is 64.5 Å². The predicted molar refractivity (Wildman–Crippen MR) is 122 cm³/mol. The molecule has 172 valence electrons. The molecular weight excluding hydrogens is 428 g/mol. The number of aromatic nitrogens is 1. The maximum Gasteiger partial charge on any atom is 0.339 e. The fourth-order valence-electron chi connectivity index (χ4n) is 4.88. The van der Waals surface area contributed by atoms with Crippen LogP contribution in [-0.4, -0.2) is 60.4 Å². The van der Waals surface area contributed by atoms with E-state index >= 15 is 0 Å². The Hall–Kier alpha value is -2.48. The molecule has 0 bridgehead atoms. The van der Waals surface area contributed by atoms with E-state index in [4.69, 9.17) is 9.72 Å². The molecule has 32 heavy (non-hydrogen) atoms. The third-order valence-electron chi connectivity index (χ3n) is 6.66. The number of para-hydroxylation sites is 1. The molecule has 1 aliphatic carbocycles. The molecule has 7 nitrogen and oxygen atoms in total. The number of sulfone groups is 1. The molecule has 1 aromatic carbocycles. The van der Waals surface area contributed by atoms with Gasteiger partial charge in [0.2, 0.25) is 0 Å². The first kappa shape index (κ1) is 22.7. The van der Waals surface area contributed by atoms with E-state index in [1.807, 2.05) is 38.1 Å². The van der Waals surface area contributed by atoms with Crippen molar-refractivity contribution in [3.05, 3.63) is 41.1 Å². The van der Waals surface area contributed by atoms with Crippen LogP contribution in [0.25, 0.3) is 10.9 Å². The van der Waals surface area contributed by atoms with Crippen LogP contribution in [0.1, 0.15) is 61.1 Å². The second-order valence-corrected chi connectivity index (χ2v) is 11.1. The van der Waals surface area contributed by atoms with Gasteiger partial charge in [-0.25, -0.2) is 13.2 Å². The summed E-state index contributed by atoms with van der Waals surface area (Å²) < 4.78 is 29.5. The molecular formula is C24H30N2O5S. The van der Waals surface area contributed by atoms with Gasteiger partial charge < -0.3 is 9.64 Å². The van der Waals surface area contributed by atoms with E-state index in [1.165, 1.54) is 0 Å². The molecule has 2 heterocycles. The smallest absolute Gasteiger partial charge is 0.339 e. The average Bonchev–Trinajstić information content (AvgIpc) is 3.14. The predicted octanol–water partition coefficient (Wildman–Crippen LogP) is 3.08. The van der Waals surface area contributed by atoms with Gasteiger partial charge >= 0.3 is 5.97 Å². The largest absolute Gasteiger partial charge is 0.452 e. The van der Waals surface area contributed by atoms with Crippen LogP contribution in [0.3, 0.4) is 0 Å². The van der Waals surface area contributed by atoms with Crippen molar-refractivity contribution in [1.29, 1.82) is 0 Å². The van der Waals surface area contributed by atoms with Crippen molar-refractivity contribution < 1.29 is 22.7 Å². The highest BCUT2D eigenvalue weighted by Crippen LogP contribution is 2.30. The first-order valence-electron chi connectivity index (χ1n) is 11.4. The van der Waals surface area contributed by atoms with Crippen LogP contribution in [0.4, 0.5) is 0 Å². The van der Waals surface area contributed by atoms with Gasteiger partial charge in [0.25, 0.3) is 5.91 Å². The Bertz CT molecular complexity index is 1140. The first-order chi connectivity index (χ1) is 15.3. The fraction of sp³-hybridized carbons (Fsp3) is 0.542. The number of carbonyl (C=O) groups is 2. The van der Waals surface area contributed by atoms with Crippen molar-refractivity contribution in [3.8, 4) is 0 Å². The summed E-state index contributed by atoms with van der Waals surface area (Å²) in [6.45, 7) is 3.46. The molecule has 4 rings (SSSR count). The zero-order valence-electron chi connectivity index (χ0n) is 18.7. The van der Waals surface area contributed by atoms with E-state index < -0.39 is 22.4 Å². The summed E-state index contributed by atoms with van der Waals surface area (Å²) in [5.74, 6) is -0.799. The molecule has 2 aromatic rings. The van der Waals surface area contributed by atoms with Gasteiger partial charge in [-0.1, -0.05) is 25.1 Å². The Labute approximate surface area is 189 Å². The molecule has 0 radical (unpaired) electrons. The Morgan fingerprint density at radius 1 is 1.22 bits per heavy atom. The molecule has 0 saturated carbocycles. The zero-order chi connectivity index (χ0) is 22.9. The van der Waals surface area contributed by atoms with Gasteiger partial charge in [-0.3, -0.25) is 9.78 Å². The van der Waals surface area contributed by atoms with Crippen LogP contribution in [0.2, 0.25) is 0 Å². The number of carbonyl (C=O) groups excluding carboxylic acids is 2. The van der Waals surface area contributed by atoms with Crippen LogP contribution in [0.15, 0.2) is 24.3 Å². The number of hydrogen-bond donors (Lipinski definition) is 0. The number of ether oxygens (including phenoxy) is 1. The highest BCUT2D eigenvalue weighted by molar-refractivity contribution is 7.91. The second-order valence-electron chi connectivity index (χ2n) is 8.83. The summed E-state index contributed by atoms with van der Waals surface area (Å²) in [7, 11) is -3.13. The number of fused-ring (bicyclic) bond motifs is 2. The molecule has 1 amide bonds. The molecule has 0 spiro atoms. The van der Waals surface area contributed by atoms with Crippen LogP contribution < -0.4 is 0 Å². The average molecular weight is 459 g/mol. The number of rotatable bonds is 6. The van der Waals surface area contributed by atoms with Crippen LogP contribution in [0, 0.1) is 0 Å². The number of nitrogens with zero attached hydrogens (tertiary/aromatic N) is 2. The number of benzene rings is 1. The third kappa shape index (κ3) is 4.51. The lowest BCUT2D eigenvalue weighted by atomic mass is 9.90. The number of hydrogen-bond acceptors (Lipinski definition) is 6. The first-order valence-corrected chi connectivity index (χ1v) is 13.2. The lowest BCUT2D eigenvalue weighted by Gasteiger charge is -2.33. The maximum atomic E-state index is 13.2. The van der Waals surface area contributed by atoms with Crippen molar-refractivity contribution >= 4 is 32.6 Å². The topological polar surface area (TPSA) is 93.6 Å². The number of aryl methyl sites for hydroxylation is 1. The number of amides is 1. The quantitative estimate of drug-likeness (QED) is 0.618. The van der Waals surface area contributed by atoms with E-state index in [2.05, 4.69) is 0 Å². The second kappa shape index (κ2) is 9.17. The monoisotopic (exact) mass is 458 g/mol. The summed E-state index contributed by atoms with van der Waals surface area (Å²) in [4.78, 5) is 32.6. The minimum atomic E-state index is -3.13. The van der Waals surface area contributed by atoms with Crippen molar-refractivity contribution in [2.24, 2.45) is 0 Å². The van der Waals surface area contributed by atoms with E-state index in [-0.39, 0.29) is 29.5 Å². The van der Waals surface area contributed by atoms with Crippen LogP contribution in [0.5, 0.6) is 0 Å². The third-order valence-corrected chi connectivity index (χ3v) is 8.41. The number of pyridine rings is 1. The van der Waals surface area contributed by atoms with Gasteiger partial charge in [-0.15, -0.1) is 0 Å². The Kier molecular flexibility index (Phi) is 6.51. The zero-order valence-corrected chi connectivity index (χ0v) is 19.5. The summed E-state index contributed by atoms with van der Waals surface area (Å²) >= 11 is 0. The van der Waals surface area contributed by atoms with Gasteiger partial charge in [-0.05, 0) is 57.1 Å². The highest BCUT2D eigenvalue weighted by Gasteiger charge is 2.37. The summed E-state index contributed by atoms with van der Waals surface area (Å²) in [6, 6.07) is 7.02.